The summed E-state index contributed by atoms with van der Waals surface area (Å²) in [7, 11) is 0. The summed E-state index contributed by atoms with van der Waals surface area (Å²) < 4.78 is 18.7. The fourth-order valence-electron chi connectivity index (χ4n) is 2.09. The molecule has 0 aliphatic heterocycles. The molecule has 0 bridgehead atoms. The lowest BCUT2D eigenvalue weighted by Crippen LogP contribution is -2.38. The Labute approximate surface area is 182 Å². The van der Waals surface area contributed by atoms with Crippen molar-refractivity contribution < 1.29 is 8.81 Å². The first-order valence-electron chi connectivity index (χ1n) is 8.74. The van der Waals surface area contributed by atoms with Gasteiger partial charge in [-0.25, -0.2) is 14.4 Å². The number of halogens is 2. The molecule has 0 radical (unpaired) electrons. The highest BCUT2D eigenvalue weighted by Gasteiger charge is 2.18. The minimum absolute atomic E-state index is 0. The molecule has 0 aliphatic rings. The molecule has 0 saturated heterocycles. The maximum absolute atomic E-state index is 12.9. The van der Waals surface area contributed by atoms with E-state index < -0.39 is 0 Å². The van der Waals surface area contributed by atoms with Crippen LogP contribution in [0.1, 0.15) is 39.3 Å². The first kappa shape index (κ1) is 23.7. The lowest BCUT2D eigenvalue weighted by Gasteiger charge is -2.13. The van der Waals surface area contributed by atoms with Gasteiger partial charge in [0.1, 0.15) is 18.1 Å². The van der Waals surface area contributed by atoms with E-state index in [1.54, 1.807) is 30.1 Å². The van der Waals surface area contributed by atoms with Crippen molar-refractivity contribution in [1.29, 1.82) is 0 Å². The Morgan fingerprint density at radius 3 is 2.52 bits per heavy atom. The molecule has 0 atom stereocenters. The number of rotatable bonds is 7. The van der Waals surface area contributed by atoms with Gasteiger partial charge in [-0.05, 0) is 31.2 Å². The van der Waals surface area contributed by atoms with Crippen molar-refractivity contribution in [2.75, 3.05) is 18.8 Å². The van der Waals surface area contributed by atoms with Crippen LogP contribution < -0.4 is 10.6 Å². The van der Waals surface area contributed by atoms with Crippen molar-refractivity contribution >= 4 is 41.7 Å². The van der Waals surface area contributed by atoms with E-state index in [0.717, 1.165) is 35.5 Å². The van der Waals surface area contributed by atoms with E-state index in [-0.39, 0.29) is 35.2 Å². The van der Waals surface area contributed by atoms with Crippen molar-refractivity contribution in [3.05, 3.63) is 47.9 Å². The highest BCUT2D eigenvalue weighted by atomic mass is 127. The predicted molar refractivity (Wildman–Crippen MR) is 121 cm³/mol. The zero-order valence-electron chi connectivity index (χ0n) is 16.2. The Morgan fingerprint density at radius 1 is 1.22 bits per heavy atom. The fourth-order valence-corrected chi connectivity index (χ4v) is 2.86. The molecular weight excluding hydrogens is 478 g/mol. The van der Waals surface area contributed by atoms with Gasteiger partial charge in [-0.2, -0.15) is 0 Å². The number of benzene rings is 1. The first-order valence-corrected chi connectivity index (χ1v) is 9.73. The first-order chi connectivity index (χ1) is 12.4. The molecular formula is C19H28FIN4OS. The van der Waals surface area contributed by atoms with Gasteiger partial charge in [0.05, 0.1) is 6.20 Å². The van der Waals surface area contributed by atoms with Crippen LogP contribution in [0.15, 0.2) is 44.8 Å². The number of hydrogen-bond donors (Lipinski definition) is 2. The van der Waals surface area contributed by atoms with E-state index in [1.165, 1.54) is 12.1 Å². The predicted octanol–water partition coefficient (Wildman–Crippen LogP) is 4.58. The molecule has 2 N–H and O–H groups in total. The Kier molecular flexibility index (Phi) is 10.1. The molecule has 8 heteroatoms. The largest absolute Gasteiger partial charge is 0.443 e. The topological polar surface area (TPSA) is 62.5 Å². The highest BCUT2D eigenvalue weighted by molar-refractivity contribution is 14.0. The average molecular weight is 506 g/mol. The summed E-state index contributed by atoms with van der Waals surface area (Å²) in [6, 6.07) is 6.52. The second-order valence-corrected chi connectivity index (χ2v) is 7.96. The molecule has 0 spiro atoms. The van der Waals surface area contributed by atoms with Crippen molar-refractivity contribution in [1.82, 2.24) is 15.6 Å². The Bertz CT molecular complexity index is 713. The third-order valence-corrected chi connectivity index (χ3v) is 4.50. The standard InChI is InChI=1S/C19H27FN4OS.HI/c1-5-21-18(22-10-11-26-15-8-6-14(20)7-9-15)24-13-17-23-12-16(25-17)19(2,3)4;/h6-9,12H,5,10-11,13H2,1-4H3,(H2,21,22,24);1H. The van der Waals surface area contributed by atoms with Gasteiger partial charge < -0.3 is 15.1 Å². The molecule has 0 saturated carbocycles. The zero-order chi connectivity index (χ0) is 19.0. The SMILES string of the molecule is CCNC(=NCc1ncc(C(C)(C)C)o1)NCCSc1ccc(F)cc1.I. The van der Waals surface area contributed by atoms with Gasteiger partial charge in [0.25, 0.3) is 0 Å². The van der Waals surface area contributed by atoms with Gasteiger partial charge in [0.15, 0.2) is 5.96 Å². The Morgan fingerprint density at radius 2 is 1.93 bits per heavy atom. The van der Waals surface area contributed by atoms with Gasteiger partial charge in [-0.1, -0.05) is 20.8 Å². The molecule has 27 heavy (non-hydrogen) atoms. The lowest BCUT2D eigenvalue weighted by molar-refractivity contribution is 0.383. The molecule has 2 rings (SSSR count). The molecule has 5 nitrogen and oxygen atoms in total. The van der Waals surface area contributed by atoms with E-state index in [2.05, 4.69) is 41.4 Å². The number of aliphatic imine (C=N–C) groups is 1. The van der Waals surface area contributed by atoms with E-state index in [4.69, 9.17) is 4.42 Å². The third-order valence-electron chi connectivity index (χ3n) is 3.49. The summed E-state index contributed by atoms with van der Waals surface area (Å²) >= 11 is 1.67. The van der Waals surface area contributed by atoms with Gasteiger partial charge in [0.2, 0.25) is 5.89 Å². The van der Waals surface area contributed by atoms with Crippen LogP contribution in [0.3, 0.4) is 0 Å². The van der Waals surface area contributed by atoms with Crippen molar-refractivity contribution in [3.8, 4) is 0 Å². The van der Waals surface area contributed by atoms with E-state index in [0.29, 0.717) is 12.4 Å². The van der Waals surface area contributed by atoms with Crippen molar-refractivity contribution in [3.63, 3.8) is 0 Å². The maximum Gasteiger partial charge on any atom is 0.216 e. The molecule has 0 fully saturated rings. The molecule has 2 aromatic rings. The van der Waals surface area contributed by atoms with E-state index >= 15 is 0 Å². The number of aromatic nitrogens is 1. The summed E-state index contributed by atoms with van der Waals surface area (Å²) in [5, 5.41) is 6.49. The molecule has 1 heterocycles. The Hall–Kier alpha value is -1.29. The fraction of sp³-hybridized carbons (Fsp3) is 0.474. The van der Waals surface area contributed by atoms with Gasteiger partial charge in [0, 0.05) is 29.2 Å². The van der Waals surface area contributed by atoms with E-state index in [1.807, 2.05) is 6.92 Å². The van der Waals surface area contributed by atoms with Crippen LogP contribution in [-0.2, 0) is 12.0 Å². The van der Waals surface area contributed by atoms with Crippen LogP contribution in [0, 0.1) is 5.82 Å². The monoisotopic (exact) mass is 506 g/mol. The maximum atomic E-state index is 12.9. The quantitative estimate of drug-likeness (QED) is 0.189. The Balaban J connectivity index is 0.00000364. The number of nitrogens with zero attached hydrogens (tertiary/aromatic N) is 2. The van der Waals surface area contributed by atoms with Crippen LogP contribution in [0.25, 0.3) is 0 Å². The summed E-state index contributed by atoms with van der Waals surface area (Å²) in [6.45, 7) is 10.2. The van der Waals surface area contributed by atoms with Crippen LogP contribution >= 0.6 is 35.7 Å². The van der Waals surface area contributed by atoms with Crippen LogP contribution in [0.4, 0.5) is 4.39 Å². The number of guanidine groups is 1. The van der Waals surface area contributed by atoms with Crippen molar-refractivity contribution in [2.45, 2.75) is 44.6 Å². The summed E-state index contributed by atoms with van der Waals surface area (Å²) in [6.07, 6.45) is 1.77. The molecule has 1 aromatic carbocycles. The van der Waals surface area contributed by atoms with Crippen LogP contribution in [0.2, 0.25) is 0 Å². The average Bonchev–Trinajstić information content (AvgIpc) is 3.07. The lowest BCUT2D eigenvalue weighted by atomic mass is 9.94. The molecule has 0 aliphatic carbocycles. The van der Waals surface area contributed by atoms with Crippen LogP contribution in [0.5, 0.6) is 0 Å². The molecule has 1 aromatic heterocycles. The van der Waals surface area contributed by atoms with Gasteiger partial charge >= 0.3 is 0 Å². The molecule has 150 valence electrons. The smallest absolute Gasteiger partial charge is 0.216 e. The number of nitrogens with one attached hydrogen (secondary N) is 2. The summed E-state index contributed by atoms with van der Waals surface area (Å²) in [5.74, 6) is 2.82. The molecule has 0 unspecified atom stereocenters. The van der Waals surface area contributed by atoms with Gasteiger partial charge in [-0.3, -0.25) is 0 Å². The van der Waals surface area contributed by atoms with Crippen LogP contribution in [-0.4, -0.2) is 29.8 Å². The number of hydrogen-bond acceptors (Lipinski definition) is 4. The minimum atomic E-state index is -0.213. The number of thioether (sulfide) groups is 1. The number of oxazole rings is 1. The second kappa shape index (κ2) is 11.5. The van der Waals surface area contributed by atoms with Crippen molar-refractivity contribution in [2.24, 2.45) is 4.99 Å². The summed E-state index contributed by atoms with van der Waals surface area (Å²) in [4.78, 5) is 9.85. The van der Waals surface area contributed by atoms with Gasteiger partial charge in [-0.15, -0.1) is 35.7 Å². The van der Waals surface area contributed by atoms with E-state index in [9.17, 15) is 4.39 Å². The summed E-state index contributed by atoms with van der Waals surface area (Å²) in [5.41, 5.74) is -0.0602. The zero-order valence-corrected chi connectivity index (χ0v) is 19.4. The minimum Gasteiger partial charge on any atom is -0.443 e. The highest BCUT2D eigenvalue weighted by Crippen LogP contribution is 2.22. The second-order valence-electron chi connectivity index (χ2n) is 6.79. The third kappa shape index (κ3) is 8.50. The normalized spacial score (nSPS) is 11.8. The molecule has 0 amide bonds.